The molecule has 0 unspecified atom stereocenters. The molecule has 21 heavy (non-hydrogen) atoms. The van der Waals surface area contributed by atoms with Crippen molar-refractivity contribution in [2.75, 3.05) is 23.8 Å². The van der Waals surface area contributed by atoms with E-state index in [0.29, 0.717) is 0 Å². The number of benzene rings is 2. The first kappa shape index (κ1) is 15.4. The van der Waals surface area contributed by atoms with Gasteiger partial charge in [0.05, 0.1) is 0 Å². The van der Waals surface area contributed by atoms with E-state index >= 15 is 0 Å². The van der Waals surface area contributed by atoms with E-state index in [-0.39, 0.29) is 0 Å². The normalized spacial score (nSPS) is 10.7. The van der Waals surface area contributed by atoms with Gasteiger partial charge in [-0.3, -0.25) is 0 Å². The topological polar surface area (TPSA) is 15.3 Å². The molecule has 2 aromatic rings. The standard InChI is InChI=1S/C19H26N2/c1-16(2)8-7-15-21(18-9-5-4-6-10-18)19-13-11-17(20-3)12-14-19/h4-6,9-14,16,20H,7-8,15H2,1-3H3. The Labute approximate surface area is 128 Å². The summed E-state index contributed by atoms with van der Waals surface area (Å²) in [5.74, 6) is 0.759. The third kappa shape index (κ3) is 4.52. The molecular weight excluding hydrogens is 256 g/mol. The predicted octanol–water partition coefficient (Wildman–Crippen LogP) is 5.30. The summed E-state index contributed by atoms with van der Waals surface area (Å²) in [5.41, 5.74) is 3.66. The van der Waals surface area contributed by atoms with E-state index in [4.69, 9.17) is 0 Å². The summed E-state index contributed by atoms with van der Waals surface area (Å²) in [6, 6.07) is 19.3. The van der Waals surface area contributed by atoms with Gasteiger partial charge in [-0.2, -0.15) is 0 Å². The summed E-state index contributed by atoms with van der Waals surface area (Å²) in [5, 5.41) is 3.17. The van der Waals surface area contributed by atoms with Gasteiger partial charge in [0.1, 0.15) is 0 Å². The average Bonchev–Trinajstić information content (AvgIpc) is 2.52. The Morgan fingerprint density at radius 3 is 2.10 bits per heavy atom. The minimum atomic E-state index is 0.759. The zero-order valence-corrected chi connectivity index (χ0v) is 13.3. The molecule has 0 spiro atoms. The van der Waals surface area contributed by atoms with Crippen LogP contribution in [0.2, 0.25) is 0 Å². The molecule has 0 aliphatic carbocycles. The van der Waals surface area contributed by atoms with Crippen molar-refractivity contribution in [3.8, 4) is 0 Å². The summed E-state index contributed by atoms with van der Waals surface area (Å²) in [6.07, 6.45) is 2.47. The number of nitrogens with one attached hydrogen (secondary N) is 1. The highest BCUT2D eigenvalue weighted by atomic mass is 15.1. The van der Waals surface area contributed by atoms with E-state index in [1.54, 1.807) is 0 Å². The molecule has 2 aromatic carbocycles. The molecule has 2 heteroatoms. The smallest absolute Gasteiger partial charge is 0.0412 e. The van der Waals surface area contributed by atoms with Crippen molar-refractivity contribution in [1.29, 1.82) is 0 Å². The quantitative estimate of drug-likeness (QED) is 0.741. The largest absolute Gasteiger partial charge is 0.388 e. The number of anilines is 3. The molecule has 0 aliphatic rings. The van der Waals surface area contributed by atoms with E-state index in [1.165, 1.54) is 24.2 Å². The fourth-order valence-corrected chi connectivity index (χ4v) is 2.48. The van der Waals surface area contributed by atoms with Gasteiger partial charge in [0.2, 0.25) is 0 Å². The van der Waals surface area contributed by atoms with E-state index in [9.17, 15) is 0 Å². The summed E-state index contributed by atoms with van der Waals surface area (Å²) < 4.78 is 0. The van der Waals surface area contributed by atoms with Gasteiger partial charge in [-0.15, -0.1) is 0 Å². The molecule has 0 saturated carbocycles. The second-order valence-electron chi connectivity index (χ2n) is 5.82. The zero-order valence-electron chi connectivity index (χ0n) is 13.3. The second kappa shape index (κ2) is 7.72. The second-order valence-corrected chi connectivity index (χ2v) is 5.82. The number of para-hydroxylation sites is 1. The lowest BCUT2D eigenvalue weighted by Crippen LogP contribution is -2.18. The lowest BCUT2D eigenvalue weighted by atomic mass is 10.1. The number of hydrogen-bond donors (Lipinski definition) is 1. The van der Waals surface area contributed by atoms with Crippen LogP contribution in [-0.4, -0.2) is 13.6 Å². The minimum absolute atomic E-state index is 0.759. The van der Waals surface area contributed by atoms with Gasteiger partial charge >= 0.3 is 0 Å². The molecule has 0 amide bonds. The van der Waals surface area contributed by atoms with Gasteiger partial charge in [0.25, 0.3) is 0 Å². The van der Waals surface area contributed by atoms with Crippen LogP contribution in [0.5, 0.6) is 0 Å². The first-order valence-corrected chi connectivity index (χ1v) is 7.81. The van der Waals surface area contributed by atoms with Gasteiger partial charge in [-0.25, -0.2) is 0 Å². The Bertz CT molecular complexity index is 517. The van der Waals surface area contributed by atoms with Crippen molar-refractivity contribution in [1.82, 2.24) is 0 Å². The first-order chi connectivity index (χ1) is 10.2. The average molecular weight is 282 g/mol. The fourth-order valence-electron chi connectivity index (χ4n) is 2.48. The molecule has 0 aromatic heterocycles. The molecule has 0 atom stereocenters. The number of rotatable bonds is 7. The summed E-state index contributed by atoms with van der Waals surface area (Å²) in [4.78, 5) is 2.40. The predicted molar refractivity (Wildman–Crippen MR) is 93.5 cm³/mol. The van der Waals surface area contributed by atoms with Gasteiger partial charge in [0.15, 0.2) is 0 Å². The molecule has 0 saturated heterocycles. The monoisotopic (exact) mass is 282 g/mol. The highest BCUT2D eigenvalue weighted by molar-refractivity contribution is 5.65. The highest BCUT2D eigenvalue weighted by Crippen LogP contribution is 2.27. The highest BCUT2D eigenvalue weighted by Gasteiger charge is 2.09. The maximum absolute atomic E-state index is 3.17. The Hall–Kier alpha value is -1.96. The third-order valence-electron chi connectivity index (χ3n) is 3.70. The Balaban J connectivity index is 2.18. The number of nitrogens with zero attached hydrogens (tertiary/aromatic N) is 1. The Morgan fingerprint density at radius 1 is 0.905 bits per heavy atom. The van der Waals surface area contributed by atoms with E-state index < -0.39 is 0 Å². The molecule has 112 valence electrons. The van der Waals surface area contributed by atoms with E-state index in [2.05, 4.69) is 78.7 Å². The summed E-state index contributed by atoms with van der Waals surface area (Å²) >= 11 is 0. The molecule has 0 radical (unpaired) electrons. The van der Waals surface area contributed by atoms with Gasteiger partial charge in [-0.1, -0.05) is 32.0 Å². The summed E-state index contributed by atoms with van der Waals surface area (Å²) in [7, 11) is 1.95. The maximum atomic E-state index is 3.17. The van der Waals surface area contributed by atoms with Gasteiger partial charge in [0, 0.05) is 30.7 Å². The van der Waals surface area contributed by atoms with Crippen LogP contribution >= 0.6 is 0 Å². The van der Waals surface area contributed by atoms with Crippen molar-refractivity contribution in [2.24, 2.45) is 5.92 Å². The molecule has 1 N–H and O–H groups in total. The summed E-state index contributed by atoms with van der Waals surface area (Å²) in [6.45, 7) is 5.63. The lowest BCUT2D eigenvalue weighted by molar-refractivity contribution is 0.559. The molecule has 2 nitrogen and oxygen atoms in total. The minimum Gasteiger partial charge on any atom is -0.388 e. The van der Waals surface area contributed by atoms with Crippen molar-refractivity contribution >= 4 is 17.1 Å². The van der Waals surface area contributed by atoms with Crippen molar-refractivity contribution in [2.45, 2.75) is 26.7 Å². The molecule has 0 bridgehead atoms. The lowest BCUT2D eigenvalue weighted by Gasteiger charge is -2.25. The van der Waals surface area contributed by atoms with Crippen LogP contribution < -0.4 is 10.2 Å². The fraction of sp³-hybridized carbons (Fsp3) is 0.368. The zero-order chi connectivity index (χ0) is 15.1. The molecule has 0 fully saturated rings. The van der Waals surface area contributed by atoms with Crippen LogP contribution in [-0.2, 0) is 0 Å². The first-order valence-electron chi connectivity index (χ1n) is 7.81. The van der Waals surface area contributed by atoms with Gasteiger partial charge < -0.3 is 10.2 Å². The van der Waals surface area contributed by atoms with Crippen molar-refractivity contribution in [3.05, 3.63) is 54.6 Å². The molecular formula is C19H26N2. The SMILES string of the molecule is CNc1ccc(N(CCCC(C)C)c2ccccc2)cc1. The van der Waals surface area contributed by atoms with Crippen molar-refractivity contribution in [3.63, 3.8) is 0 Å². The third-order valence-corrected chi connectivity index (χ3v) is 3.70. The van der Waals surface area contributed by atoms with Crippen LogP contribution in [0, 0.1) is 5.92 Å². The van der Waals surface area contributed by atoms with Crippen LogP contribution in [0.15, 0.2) is 54.6 Å². The van der Waals surface area contributed by atoms with Gasteiger partial charge in [-0.05, 0) is 55.2 Å². The Kier molecular flexibility index (Phi) is 5.68. The van der Waals surface area contributed by atoms with Crippen LogP contribution in [0.4, 0.5) is 17.1 Å². The molecule has 0 aliphatic heterocycles. The van der Waals surface area contributed by atoms with Crippen LogP contribution in [0.1, 0.15) is 26.7 Å². The Morgan fingerprint density at radius 2 is 1.52 bits per heavy atom. The molecule has 2 rings (SSSR count). The van der Waals surface area contributed by atoms with E-state index in [0.717, 1.165) is 18.2 Å². The number of hydrogen-bond acceptors (Lipinski definition) is 2. The van der Waals surface area contributed by atoms with Crippen molar-refractivity contribution < 1.29 is 0 Å². The maximum Gasteiger partial charge on any atom is 0.0412 e. The van der Waals surface area contributed by atoms with Crippen LogP contribution in [0.3, 0.4) is 0 Å². The van der Waals surface area contributed by atoms with E-state index in [1.807, 2.05) is 7.05 Å². The van der Waals surface area contributed by atoms with Crippen LogP contribution in [0.25, 0.3) is 0 Å². The molecule has 0 heterocycles.